The third-order valence-electron chi connectivity index (χ3n) is 3.03. The van der Waals surface area contributed by atoms with E-state index < -0.39 is 18.0 Å². The van der Waals surface area contributed by atoms with Crippen molar-refractivity contribution in [1.82, 2.24) is 0 Å². The number of carbonyl (C=O) groups excluding carboxylic acids is 1. The Kier molecular flexibility index (Phi) is 4.35. The molecule has 0 aliphatic carbocycles. The monoisotopic (exact) mass is 285 g/mol. The number of aliphatic hydroxyl groups is 1. The average Bonchev–Trinajstić information content (AvgIpc) is 2.47. The van der Waals surface area contributed by atoms with Crippen LogP contribution in [0.3, 0.4) is 0 Å². The van der Waals surface area contributed by atoms with Crippen molar-refractivity contribution >= 4 is 17.6 Å². The molecule has 0 spiro atoms. The number of aromatic carboxylic acids is 1. The summed E-state index contributed by atoms with van der Waals surface area (Å²) in [6.45, 7) is 1.63. The highest BCUT2D eigenvalue weighted by Gasteiger charge is 2.16. The number of benzene rings is 2. The molecule has 2 aromatic rings. The van der Waals surface area contributed by atoms with Crippen LogP contribution in [0.15, 0.2) is 48.5 Å². The Balaban J connectivity index is 2.26. The van der Waals surface area contributed by atoms with Crippen molar-refractivity contribution in [1.29, 1.82) is 0 Å². The summed E-state index contributed by atoms with van der Waals surface area (Å²) in [5.41, 5.74) is 1.20. The van der Waals surface area contributed by atoms with Gasteiger partial charge in [-0.25, -0.2) is 4.79 Å². The van der Waals surface area contributed by atoms with Crippen molar-refractivity contribution in [3.05, 3.63) is 65.2 Å². The molecule has 0 saturated heterocycles. The Morgan fingerprint density at radius 1 is 1.05 bits per heavy atom. The predicted octanol–water partition coefficient (Wildman–Crippen LogP) is 2.69. The van der Waals surface area contributed by atoms with Crippen LogP contribution in [0.25, 0.3) is 0 Å². The van der Waals surface area contributed by atoms with Gasteiger partial charge < -0.3 is 15.5 Å². The van der Waals surface area contributed by atoms with Gasteiger partial charge in [-0.15, -0.1) is 0 Å². The van der Waals surface area contributed by atoms with Gasteiger partial charge in [0.2, 0.25) is 0 Å². The normalized spacial score (nSPS) is 11.7. The van der Waals surface area contributed by atoms with Crippen molar-refractivity contribution < 1.29 is 19.8 Å². The molecule has 0 heterocycles. The van der Waals surface area contributed by atoms with E-state index in [0.29, 0.717) is 11.3 Å². The van der Waals surface area contributed by atoms with Crippen LogP contribution in [0, 0.1) is 0 Å². The zero-order valence-corrected chi connectivity index (χ0v) is 11.4. The Morgan fingerprint density at radius 3 is 2.33 bits per heavy atom. The first-order chi connectivity index (χ1) is 9.99. The highest BCUT2D eigenvalue weighted by atomic mass is 16.4. The predicted molar refractivity (Wildman–Crippen MR) is 78.4 cm³/mol. The lowest BCUT2D eigenvalue weighted by Gasteiger charge is -2.10. The lowest BCUT2D eigenvalue weighted by molar-refractivity contribution is 0.0692. The van der Waals surface area contributed by atoms with Gasteiger partial charge in [0.25, 0.3) is 5.91 Å². The van der Waals surface area contributed by atoms with Gasteiger partial charge in [0.15, 0.2) is 0 Å². The van der Waals surface area contributed by atoms with Gasteiger partial charge in [0.1, 0.15) is 0 Å². The third kappa shape index (κ3) is 3.46. The maximum atomic E-state index is 12.2. The number of hydrogen-bond donors (Lipinski definition) is 3. The maximum Gasteiger partial charge on any atom is 0.336 e. The summed E-state index contributed by atoms with van der Waals surface area (Å²) >= 11 is 0. The molecule has 1 amide bonds. The largest absolute Gasteiger partial charge is 0.478 e. The number of carboxylic acid groups (broad SMARTS) is 1. The minimum Gasteiger partial charge on any atom is -0.478 e. The molecule has 0 radical (unpaired) electrons. The van der Waals surface area contributed by atoms with Gasteiger partial charge in [0.05, 0.1) is 17.2 Å². The summed E-state index contributed by atoms with van der Waals surface area (Å²) in [7, 11) is 0. The number of amides is 1. The van der Waals surface area contributed by atoms with Crippen LogP contribution in [0.5, 0.6) is 0 Å². The second kappa shape index (κ2) is 6.19. The molecule has 108 valence electrons. The molecule has 0 aliphatic rings. The van der Waals surface area contributed by atoms with Gasteiger partial charge >= 0.3 is 5.97 Å². The lowest BCUT2D eigenvalue weighted by Crippen LogP contribution is -2.16. The van der Waals surface area contributed by atoms with Crippen LogP contribution < -0.4 is 5.32 Å². The second-order valence-corrected chi connectivity index (χ2v) is 4.61. The Labute approximate surface area is 121 Å². The molecule has 1 atom stereocenters. The Bertz CT molecular complexity index is 679. The Hall–Kier alpha value is -2.66. The molecule has 21 heavy (non-hydrogen) atoms. The lowest BCUT2D eigenvalue weighted by atomic mass is 10.1. The highest BCUT2D eigenvalue weighted by molar-refractivity contribution is 6.10. The average molecular weight is 285 g/mol. The third-order valence-corrected chi connectivity index (χ3v) is 3.03. The zero-order chi connectivity index (χ0) is 15.4. The minimum absolute atomic E-state index is 0.0540. The highest BCUT2D eigenvalue weighted by Crippen LogP contribution is 2.18. The van der Waals surface area contributed by atoms with Gasteiger partial charge in [-0.3, -0.25) is 4.79 Å². The van der Waals surface area contributed by atoms with E-state index in [2.05, 4.69) is 5.32 Å². The number of aliphatic hydroxyl groups excluding tert-OH is 1. The quantitative estimate of drug-likeness (QED) is 0.806. The number of anilines is 1. The molecule has 0 saturated carbocycles. The Morgan fingerprint density at radius 2 is 1.71 bits per heavy atom. The van der Waals surface area contributed by atoms with Crippen LogP contribution in [-0.2, 0) is 0 Å². The van der Waals surface area contributed by atoms with E-state index >= 15 is 0 Å². The van der Waals surface area contributed by atoms with Gasteiger partial charge in [0, 0.05) is 5.69 Å². The smallest absolute Gasteiger partial charge is 0.336 e. The van der Waals surface area contributed by atoms with Gasteiger partial charge in [-0.05, 0) is 36.8 Å². The van der Waals surface area contributed by atoms with Crippen molar-refractivity contribution in [3.8, 4) is 0 Å². The first-order valence-corrected chi connectivity index (χ1v) is 6.40. The van der Waals surface area contributed by atoms with E-state index in [1.165, 1.54) is 12.1 Å². The van der Waals surface area contributed by atoms with E-state index in [9.17, 15) is 14.7 Å². The van der Waals surface area contributed by atoms with E-state index in [0.717, 1.165) is 0 Å². The zero-order valence-electron chi connectivity index (χ0n) is 11.4. The number of hydrogen-bond acceptors (Lipinski definition) is 3. The molecule has 2 aromatic carbocycles. The van der Waals surface area contributed by atoms with E-state index in [-0.39, 0.29) is 11.1 Å². The first kappa shape index (κ1) is 14.7. The standard InChI is InChI=1S/C16H15NO4/c1-10(18)11-5-4-6-12(9-11)17-15(19)13-7-2-3-8-14(13)16(20)21/h2-10,18H,1H3,(H,17,19)(H,20,21). The SMILES string of the molecule is CC(O)c1cccc(NC(=O)c2ccccc2C(=O)O)c1. The fourth-order valence-corrected chi connectivity index (χ4v) is 1.94. The fraction of sp³-hybridized carbons (Fsp3) is 0.125. The number of carbonyl (C=O) groups is 2. The fourth-order valence-electron chi connectivity index (χ4n) is 1.94. The van der Waals surface area contributed by atoms with E-state index in [1.807, 2.05) is 0 Å². The van der Waals surface area contributed by atoms with E-state index in [4.69, 9.17) is 5.11 Å². The summed E-state index contributed by atoms with van der Waals surface area (Å²) < 4.78 is 0. The van der Waals surface area contributed by atoms with Crippen molar-refractivity contribution in [2.75, 3.05) is 5.32 Å². The molecule has 0 aliphatic heterocycles. The van der Waals surface area contributed by atoms with Crippen molar-refractivity contribution in [2.45, 2.75) is 13.0 Å². The molecule has 0 fully saturated rings. The molecule has 3 N–H and O–H groups in total. The summed E-state index contributed by atoms with van der Waals surface area (Å²) in [5.74, 6) is -1.66. The second-order valence-electron chi connectivity index (χ2n) is 4.61. The molecule has 2 rings (SSSR count). The molecular weight excluding hydrogens is 270 g/mol. The molecule has 5 nitrogen and oxygen atoms in total. The van der Waals surface area contributed by atoms with Crippen LogP contribution in [-0.4, -0.2) is 22.1 Å². The van der Waals surface area contributed by atoms with Crippen LogP contribution >= 0.6 is 0 Å². The number of rotatable bonds is 4. The summed E-state index contributed by atoms with van der Waals surface area (Å²) in [6, 6.07) is 12.8. The van der Waals surface area contributed by atoms with Crippen LogP contribution in [0.1, 0.15) is 39.3 Å². The maximum absolute atomic E-state index is 12.2. The van der Waals surface area contributed by atoms with Crippen LogP contribution in [0.4, 0.5) is 5.69 Å². The molecular formula is C16H15NO4. The van der Waals surface area contributed by atoms with Gasteiger partial charge in [-0.1, -0.05) is 24.3 Å². The molecule has 5 heteroatoms. The number of carboxylic acids is 1. The summed E-state index contributed by atoms with van der Waals surface area (Å²) in [6.07, 6.45) is -0.645. The molecule has 0 bridgehead atoms. The van der Waals surface area contributed by atoms with Crippen molar-refractivity contribution in [3.63, 3.8) is 0 Å². The summed E-state index contributed by atoms with van der Waals surface area (Å²) in [5, 5.41) is 21.2. The summed E-state index contributed by atoms with van der Waals surface area (Å²) in [4.78, 5) is 23.3. The number of nitrogens with one attached hydrogen (secondary N) is 1. The van der Waals surface area contributed by atoms with Crippen LogP contribution in [0.2, 0.25) is 0 Å². The van der Waals surface area contributed by atoms with E-state index in [1.54, 1.807) is 43.3 Å². The first-order valence-electron chi connectivity index (χ1n) is 6.40. The minimum atomic E-state index is -1.15. The van der Waals surface area contributed by atoms with Gasteiger partial charge in [-0.2, -0.15) is 0 Å². The topological polar surface area (TPSA) is 86.6 Å². The van der Waals surface area contributed by atoms with Crippen molar-refractivity contribution in [2.24, 2.45) is 0 Å². The molecule has 0 aromatic heterocycles. The molecule has 1 unspecified atom stereocenters.